The molecule has 0 atom stereocenters. The van der Waals surface area contributed by atoms with E-state index in [0.29, 0.717) is 18.1 Å². The van der Waals surface area contributed by atoms with Crippen molar-refractivity contribution >= 4 is 23.2 Å². The number of hydrogen-bond acceptors (Lipinski definition) is 5. The molecule has 8 heteroatoms. The Labute approximate surface area is 185 Å². The van der Waals surface area contributed by atoms with E-state index in [1.165, 1.54) is 25.1 Å². The summed E-state index contributed by atoms with van der Waals surface area (Å²) in [6.45, 7) is 3.18. The van der Waals surface area contributed by atoms with Gasteiger partial charge in [-0.15, -0.1) is 5.10 Å². The molecule has 0 bridgehead atoms. The van der Waals surface area contributed by atoms with E-state index in [1.54, 1.807) is 13.1 Å². The predicted molar refractivity (Wildman–Crippen MR) is 123 cm³/mol. The van der Waals surface area contributed by atoms with Gasteiger partial charge in [-0.2, -0.15) is 0 Å². The molecule has 1 aliphatic heterocycles. The van der Waals surface area contributed by atoms with Crippen LogP contribution in [-0.2, 0) is 24.3 Å². The van der Waals surface area contributed by atoms with Crippen molar-refractivity contribution in [1.29, 1.82) is 0 Å². The number of aryl methyl sites for hydroxylation is 1. The highest BCUT2D eigenvalue weighted by atomic mass is 16.2. The second-order valence-electron chi connectivity index (χ2n) is 8.06. The van der Waals surface area contributed by atoms with Gasteiger partial charge in [0.25, 0.3) is 0 Å². The first-order valence-corrected chi connectivity index (χ1v) is 10.6. The number of para-hydroxylation sites is 1. The van der Waals surface area contributed by atoms with Gasteiger partial charge in [0.05, 0.1) is 0 Å². The first kappa shape index (κ1) is 20.0. The van der Waals surface area contributed by atoms with E-state index in [0.717, 1.165) is 24.3 Å². The molecule has 0 spiro atoms. The minimum atomic E-state index is -0.365. The standard InChI is InChI=1S/C24H24N6O2/c1-17-14-21-26-29(16-22(31)27(2)20-10-4-3-5-11-20)24(32)30(21)23(25-17)28-13-12-18-8-6-7-9-19(18)15-28/h3-11,14H,12-13,15-16H2,1-2H3. The van der Waals surface area contributed by atoms with Crippen LogP contribution >= 0.6 is 0 Å². The molecule has 162 valence electrons. The van der Waals surface area contributed by atoms with E-state index in [4.69, 9.17) is 0 Å². The predicted octanol–water partition coefficient (Wildman–Crippen LogP) is 2.43. The van der Waals surface area contributed by atoms with Crippen molar-refractivity contribution in [2.45, 2.75) is 26.4 Å². The lowest BCUT2D eigenvalue weighted by Crippen LogP contribution is -2.36. The highest BCUT2D eigenvalue weighted by molar-refractivity contribution is 5.92. The average molecular weight is 428 g/mol. The molecule has 1 aliphatic rings. The first-order valence-electron chi connectivity index (χ1n) is 10.6. The average Bonchev–Trinajstić information content (AvgIpc) is 3.12. The lowest BCUT2D eigenvalue weighted by atomic mass is 10.0. The van der Waals surface area contributed by atoms with Crippen LogP contribution < -0.4 is 15.5 Å². The van der Waals surface area contributed by atoms with Crippen molar-refractivity contribution < 1.29 is 4.79 Å². The van der Waals surface area contributed by atoms with E-state index in [2.05, 4.69) is 33.2 Å². The molecular formula is C24H24N6O2. The Kier molecular flexibility index (Phi) is 4.97. The van der Waals surface area contributed by atoms with Gasteiger partial charge in [0.1, 0.15) is 6.54 Å². The first-order chi connectivity index (χ1) is 15.5. The maximum Gasteiger partial charge on any atom is 0.353 e. The Hall–Kier alpha value is -3.94. The van der Waals surface area contributed by atoms with E-state index >= 15 is 0 Å². The van der Waals surface area contributed by atoms with Crippen LogP contribution in [0, 0.1) is 6.92 Å². The van der Waals surface area contributed by atoms with Gasteiger partial charge in [0, 0.05) is 37.6 Å². The summed E-state index contributed by atoms with van der Waals surface area (Å²) in [7, 11) is 1.70. The smallest absolute Gasteiger partial charge is 0.337 e. The highest BCUT2D eigenvalue weighted by Gasteiger charge is 2.23. The number of rotatable bonds is 4. The Balaban J connectivity index is 1.49. The molecule has 2 aromatic carbocycles. The molecule has 8 nitrogen and oxygen atoms in total. The molecule has 0 saturated carbocycles. The zero-order chi connectivity index (χ0) is 22.2. The number of amides is 1. The maximum absolute atomic E-state index is 13.3. The van der Waals surface area contributed by atoms with Crippen molar-refractivity contribution in [3.63, 3.8) is 0 Å². The third-order valence-corrected chi connectivity index (χ3v) is 5.89. The second-order valence-corrected chi connectivity index (χ2v) is 8.06. The third kappa shape index (κ3) is 3.53. The van der Waals surface area contributed by atoms with Crippen LogP contribution in [0.1, 0.15) is 16.8 Å². The minimum absolute atomic E-state index is 0.146. The van der Waals surface area contributed by atoms with Gasteiger partial charge in [-0.3, -0.25) is 4.79 Å². The van der Waals surface area contributed by atoms with E-state index in [9.17, 15) is 9.59 Å². The monoisotopic (exact) mass is 428 g/mol. The summed E-state index contributed by atoms with van der Waals surface area (Å²) in [6, 6.07) is 19.4. The van der Waals surface area contributed by atoms with Crippen LogP contribution in [0.3, 0.4) is 0 Å². The summed E-state index contributed by atoms with van der Waals surface area (Å²) < 4.78 is 2.73. The minimum Gasteiger partial charge on any atom is -0.337 e. The SMILES string of the molecule is Cc1cc2nn(CC(=O)N(C)c3ccccc3)c(=O)n2c(N2CCc3ccccc3C2)n1. The number of likely N-dealkylation sites (N-methyl/N-ethyl adjacent to an activating group) is 1. The van der Waals surface area contributed by atoms with E-state index in [1.807, 2.05) is 43.3 Å². The van der Waals surface area contributed by atoms with E-state index in [-0.39, 0.29) is 18.1 Å². The fraction of sp³-hybridized carbons (Fsp3) is 0.250. The second kappa shape index (κ2) is 7.96. The Morgan fingerprint density at radius 1 is 1.06 bits per heavy atom. The van der Waals surface area contributed by atoms with Crippen molar-refractivity contribution in [1.82, 2.24) is 19.2 Å². The molecule has 0 N–H and O–H groups in total. The van der Waals surface area contributed by atoms with Gasteiger partial charge in [0.2, 0.25) is 11.9 Å². The van der Waals surface area contributed by atoms with Gasteiger partial charge >= 0.3 is 5.69 Å². The fourth-order valence-electron chi connectivity index (χ4n) is 4.14. The number of fused-ring (bicyclic) bond motifs is 2. The number of nitrogens with zero attached hydrogens (tertiary/aromatic N) is 6. The normalized spacial score (nSPS) is 13.2. The summed E-state index contributed by atoms with van der Waals surface area (Å²) in [5, 5.41) is 4.44. The van der Waals surface area contributed by atoms with Crippen molar-refractivity contribution in [2.24, 2.45) is 0 Å². The zero-order valence-electron chi connectivity index (χ0n) is 18.1. The molecular weight excluding hydrogens is 404 g/mol. The van der Waals surface area contributed by atoms with Gasteiger partial charge in [-0.05, 0) is 36.6 Å². The summed E-state index contributed by atoms with van der Waals surface area (Å²) in [6.07, 6.45) is 0.885. The molecule has 0 unspecified atom stereocenters. The largest absolute Gasteiger partial charge is 0.353 e. The molecule has 0 radical (unpaired) electrons. The number of anilines is 2. The summed E-state index contributed by atoms with van der Waals surface area (Å²) >= 11 is 0. The molecule has 4 aromatic rings. The van der Waals surface area contributed by atoms with Gasteiger partial charge in [0.15, 0.2) is 5.65 Å². The van der Waals surface area contributed by atoms with Crippen LogP contribution in [0.15, 0.2) is 65.5 Å². The lowest BCUT2D eigenvalue weighted by Gasteiger charge is -2.29. The van der Waals surface area contributed by atoms with Crippen LogP contribution in [0.2, 0.25) is 0 Å². The molecule has 1 amide bonds. The van der Waals surface area contributed by atoms with Crippen molar-refractivity contribution in [2.75, 3.05) is 23.4 Å². The number of benzene rings is 2. The number of hydrogen-bond donors (Lipinski definition) is 0. The van der Waals surface area contributed by atoms with Crippen LogP contribution in [0.5, 0.6) is 0 Å². The molecule has 0 aliphatic carbocycles. The molecule has 5 rings (SSSR count). The molecule has 3 heterocycles. The number of carbonyl (C=O) groups excluding carboxylic acids is 1. The number of carbonyl (C=O) groups is 1. The molecule has 0 fully saturated rings. The lowest BCUT2D eigenvalue weighted by molar-refractivity contribution is -0.119. The number of aromatic nitrogens is 4. The Bertz CT molecular complexity index is 1360. The van der Waals surface area contributed by atoms with Crippen molar-refractivity contribution in [3.05, 3.63) is 88.0 Å². The summed E-state index contributed by atoms with van der Waals surface area (Å²) in [4.78, 5) is 34.4. The van der Waals surface area contributed by atoms with Gasteiger partial charge in [-0.25, -0.2) is 18.9 Å². The van der Waals surface area contributed by atoms with Gasteiger partial charge < -0.3 is 9.80 Å². The summed E-state index contributed by atoms with van der Waals surface area (Å²) in [5.74, 6) is 0.342. The topological polar surface area (TPSA) is 75.7 Å². The van der Waals surface area contributed by atoms with Crippen LogP contribution in [-0.4, -0.2) is 38.7 Å². The third-order valence-electron chi connectivity index (χ3n) is 5.89. The van der Waals surface area contributed by atoms with Gasteiger partial charge in [-0.1, -0.05) is 42.5 Å². The van der Waals surface area contributed by atoms with E-state index < -0.39 is 0 Å². The maximum atomic E-state index is 13.3. The van der Waals surface area contributed by atoms with Crippen LogP contribution in [0.25, 0.3) is 5.65 Å². The Morgan fingerprint density at radius 3 is 2.56 bits per heavy atom. The molecule has 32 heavy (non-hydrogen) atoms. The highest BCUT2D eigenvalue weighted by Crippen LogP contribution is 2.23. The summed E-state index contributed by atoms with van der Waals surface area (Å²) in [5.41, 5.74) is 4.22. The Morgan fingerprint density at radius 2 is 1.78 bits per heavy atom. The zero-order valence-corrected chi connectivity index (χ0v) is 18.1. The quantitative estimate of drug-likeness (QED) is 0.499. The fourth-order valence-corrected chi connectivity index (χ4v) is 4.14. The van der Waals surface area contributed by atoms with Crippen LogP contribution in [0.4, 0.5) is 11.6 Å². The molecule has 0 saturated heterocycles. The molecule has 2 aromatic heterocycles. The van der Waals surface area contributed by atoms with Crippen molar-refractivity contribution in [3.8, 4) is 0 Å².